The summed E-state index contributed by atoms with van der Waals surface area (Å²) in [5.41, 5.74) is 9.22. The molecule has 3 aromatic rings. The van der Waals surface area contributed by atoms with Crippen LogP contribution in [0.4, 0.5) is 0 Å². The summed E-state index contributed by atoms with van der Waals surface area (Å²) in [6, 6.07) is 29.7. The lowest BCUT2D eigenvalue weighted by Gasteiger charge is -2.15. The Kier molecular flexibility index (Phi) is 6.83. The summed E-state index contributed by atoms with van der Waals surface area (Å²) in [5.74, 6) is 3.21. The molecule has 1 N–H and O–H groups in total. The van der Waals surface area contributed by atoms with Gasteiger partial charge in [0.1, 0.15) is 0 Å². The zero-order valence-corrected chi connectivity index (χ0v) is 17.9. The van der Waals surface area contributed by atoms with E-state index in [4.69, 9.17) is 0 Å². The zero-order chi connectivity index (χ0) is 20.5. The maximum atomic E-state index is 13.1. The van der Waals surface area contributed by atoms with Crippen molar-refractivity contribution in [1.82, 2.24) is 5.32 Å². The SMILES string of the molecule is C[Si](C)(C#Cc1ccccc1)/C=C(/C(=O)NCc1ccccc1)c1ccccc1. The summed E-state index contributed by atoms with van der Waals surface area (Å²) in [5, 5.41) is 3.06. The summed E-state index contributed by atoms with van der Waals surface area (Å²) in [4.78, 5) is 13.1. The molecule has 1 amide bonds. The van der Waals surface area contributed by atoms with Gasteiger partial charge in [0.25, 0.3) is 5.91 Å². The first-order chi connectivity index (χ1) is 14.0. The summed E-state index contributed by atoms with van der Waals surface area (Å²) in [7, 11) is -2.09. The van der Waals surface area contributed by atoms with Gasteiger partial charge in [-0.1, -0.05) is 104 Å². The molecule has 0 fully saturated rings. The molecule has 0 atom stereocenters. The van der Waals surface area contributed by atoms with Crippen LogP contribution in [0.25, 0.3) is 5.57 Å². The van der Waals surface area contributed by atoms with Crippen LogP contribution in [-0.4, -0.2) is 14.0 Å². The first kappa shape index (κ1) is 20.4. The normalized spacial score (nSPS) is 11.3. The highest BCUT2D eigenvalue weighted by Gasteiger charge is 2.20. The van der Waals surface area contributed by atoms with Crippen LogP contribution in [0.1, 0.15) is 16.7 Å². The van der Waals surface area contributed by atoms with Gasteiger partial charge in [-0.25, -0.2) is 0 Å². The van der Waals surface area contributed by atoms with Crippen LogP contribution in [0.2, 0.25) is 13.1 Å². The van der Waals surface area contributed by atoms with Crippen molar-refractivity contribution in [1.29, 1.82) is 0 Å². The molecule has 2 nitrogen and oxygen atoms in total. The third-order valence-electron chi connectivity index (χ3n) is 4.43. The van der Waals surface area contributed by atoms with Crippen molar-refractivity contribution in [3.63, 3.8) is 0 Å². The fraction of sp³-hybridized carbons (Fsp3) is 0.115. The molecule has 0 radical (unpaired) electrons. The highest BCUT2D eigenvalue weighted by atomic mass is 28.3. The average Bonchev–Trinajstić information content (AvgIpc) is 2.77. The quantitative estimate of drug-likeness (QED) is 0.358. The van der Waals surface area contributed by atoms with E-state index in [-0.39, 0.29) is 5.91 Å². The van der Waals surface area contributed by atoms with Crippen molar-refractivity contribution in [3.05, 3.63) is 113 Å². The highest BCUT2D eigenvalue weighted by Crippen LogP contribution is 2.19. The minimum Gasteiger partial charge on any atom is -0.348 e. The van der Waals surface area contributed by atoms with Crippen LogP contribution in [0.3, 0.4) is 0 Å². The van der Waals surface area contributed by atoms with Crippen molar-refractivity contribution in [2.24, 2.45) is 0 Å². The average molecular weight is 396 g/mol. The van der Waals surface area contributed by atoms with E-state index in [2.05, 4.69) is 35.6 Å². The van der Waals surface area contributed by atoms with Crippen molar-refractivity contribution in [2.45, 2.75) is 19.6 Å². The Labute approximate surface area is 174 Å². The predicted molar refractivity (Wildman–Crippen MR) is 124 cm³/mol. The van der Waals surface area contributed by atoms with Crippen molar-refractivity contribution >= 4 is 19.6 Å². The van der Waals surface area contributed by atoms with E-state index in [1.165, 1.54) is 0 Å². The number of carbonyl (C=O) groups excluding carboxylic acids is 1. The second kappa shape index (κ2) is 9.72. The molecule has 0 saturated carbocycles. The van der Waals surface area contributed by atoms with Gasteiger partial charge >= 0.3 is 0 Å². The lowest BCUT2D eigenvalue weighted by atomic mass is 10.1. The molecule has 0 aromatic heterocycles. The van der Waals surface area contributed by atoms with Gasteiger partial charge in [-0.2, -0.15) is 0 Å². The van der Waals surface area contributed by atoms with Crippen molar-refractivity contribution < 1.29 is 4.79 Å². The predicted octanol–water partition coefficient (Wildman–Crippen LogP) is 5.22. The fourth-order valence-electron chi connectivity index (χ4n) is 2.92. The smallest absolute Gasteiger partial charge is 0.251 e. The number of rotatable bonds is 5. The lowest BCUT2D eigenvalue weighted by molar-refractivity contribution is -0.115. The Balaban J connectivity index is 1.86. The largest absolute Gasteiger partial charge is 0.348 e. The summed E-state index contributed by atoms with van der Waals surface area (Å²) < 4.78 is 0. The molecule has 3 heteroatoms. The van der Waals surface area contributed by atoms with E-state index >= 15 is 0 Å². The zero-order valence-electron chi connectivity index (χ0n) is 16.9. The summed E-state index contributed by atoms with van der Waals surface area (Å²) >= 11 is 0. The molecule has 0 aliphatic heterocycles. The maximum Gasteiger partial charge on any atom is 0.251 e. The van der Waals surface area contributed by atoms with Gasteiger partial charge in [-0.3, -0.25) is 4.79 Å². The summed E-state index contributed by atoms with van der Waals surface area (Å²) in [6.07, 6.45) is 0. The van der Waals surface area contributed by atoms with Gasteiger partial charge in [0.15, 0.2) is 8.07 Å². The molecular formula is C26H25NOSi. The first-order valence-electron chi connectivity index (χ1n) is 9.72. The molecule has 0 aliphatic rings. The minimum atomic E-state index is -2.09. The van der Waals surface area contributed by atoms with Gasteiger partial charge in [0.2, 0.25) is 0 Å². The summed E-state index contributed by atoms with van der Waals surface area (Å²) in [6.45, 7) is 4.83. The lowest BCUT2D eigenvalue weighted by Crippen LogP contribution is -2.28. The molecule has 0 heterocycles. The van der Waals surface area contributed by atoms with Crippen LogP contribution < -0.4 is 5.32 Å². The van der Waals surface area contributed by atoms with Gasteiger partial charge in [0, 0.05) is 17.7 Å². The van der Waals surface area contributed by atoms with Crippen LogP contribution in [-0.2, 0) is 11.3 Å². The molecular weight excluding hydrogens is 370 g/mol. The van der Waals surface area contributed by atoms with E-state index in [0.717, 1.165) is 16.7 Å². The van der Waals surface area contributed by atoms with E-state index in [1.807, 2.05) is 91.0 Å². The third-order valence-corrected chi connectivity index (χ3v) is 6.21. The second-order valence-electron chi connectivity index (χ2n) is 7.43. The number of hydrogen-bond acceptors (Lipinski definition) is 1. The standard InChI is InChI=1S/C26H25NOSi/c1-29(2,19-18-22-12-6-3-7-13-22)21-25(24-16-10-5-11-17-24)26(28)27-20-23-14-8-4-9-15-23/h3-17,21H,20H2,1-2H3,(H,27,28)/b25-21+. The Hall–Kier alpha value is -3.35. The minimum absolute atomic E-state index is 0.0675. The molecule has 3 rings (SSSR count). The Morgan fingerprint density at radius 1 is 0.862 bits per heavy atom. The first-order valence-corrected chi connectivity index (χ1v) is 12.8. The highest BCUT2D eigenvalue weighted by molar-refractivity contribution is 6.90. The molecule has 0 saturated heterocycles. The topological polar surface area (TPSA) is 29.1 Å². The molecule has 144 valence electrons. The monoisotopic (exact) mass is 395 g/mol. The molecule has 0 bridgehead atoms. The number of amides is 1. The van der Waals surface area contributed by atoms with Gasteiger partial charge in [-0.05, 0) is 23.3 Å². The van der Waals surface area contributed by atoms with Crippen molar-refractivity contribution in [3.8, 4) is 11.5 Å². The molecule has 0 unspecified atom stereocenters. The number of carbonyl (C=O) groups is 1. The number of hydrogen-bond donors (Lipinski definition) is 1. The molecule has 0 spiro atoms. The van der Waals surface area contributed by atoms with E-state index in [0.29, 0.717) is 12.1 Å². The van der Waals surface area contributed by atoms with Gasteiger partial charge in [0.05, 0.1) is 0 Å². The Morgan fingerprint density at radius 3 is 2.03 bits per heavy atom. The second-order valence-corrected chi connectivity index (χ2v) is 11.4. The Morgan fingerprint density at radius 2 is 1.41 bits per heavy atom. The van der Waals surface area contributed by atoms with Crippen molar-refractivity contribution in [2.75, 3.05) is 0 Å². The van der Waals surface area contributed by atoms with E-state index in [1.54, 1.807) is 0 Å². The van der Waals surface area contributed by atoms with Crippen LogP contribution in [0.5, 0.6) is 0 Å². The van der Waals surface area contributed by atoms with Gasteiger partial charge in [-0.15, -0.1) is 5.54 Å². The third kappa shape index (κ3) is 6.34. The number of nitrogens with one attached hydrogen (secondary N) is 1. The van der Waals surface area contributed by atoms with Crippen LogP contribution in [0.15, 0.2) is 96.7 Å². The molecule has 0 aliphatic carbocycles. The van der Waals surface area contributed by atoms with Crippen LogP contribution in [0, 0.1) is 11.5 Å². The van der Waals surface area contributed by atoms with E-state index in [9.17, 15) is 4.79 Å². The molecule has 3 aromatic carbocycles. The number of benzene rings is 3. The Bertz CT molecular complexity index is 1030. The maximum absolute atomic E-state index is 13.1. The fourth-order valence-corrected chi connectivity index (χ4v) is 4.48. The molecule has 29 heavy (non-hydrogen) atoms. The van der Waals surface area contributed by atoms with Gasteiger partial charge < -0.3 is 5.32 Å². The van der Waals surface area contributed by atoms with Crippen LogP contribution >= 0.6 is 0 Å². The van der Waals surface area contributed by atoms with E-state index < -0.39 is 8.07 Å².